The fraction of sp³-hybridized carbons (Fsp3) is 0.500. The predicted octanol–water partition coefficient (Wildman–Crippen LogP) is 1.57. The summed E-state index contributed by atoms with van der Waals surface area (Å²) in [5, 5.41) is 13.3. The van der Waals surface area contributed by atoms with E-state index in [1.807, 2.05) is 0 Å². The topological polar surface area (TPSA) is 111 Å². The van der Waals surface area contributed by atoms with Crippen LogP contribution in [-0.2, 0) is 9.53 Å². The number of morpholine rings is 1. The summed E-state index contributed by atoms with van der Waals surface area (Å²) in [6, 6.07) is 4.01. The number of amides is 2. The molecule has 136 valence electrons. The summed E-state index contributed by atoms with van der Waals surface area (Å²) in [5.41, 5.74) is -0.0965. The molecule has 0 saturated carbocycles. The SMILES string of the molecule is CC(C)C(NC(=O)N1CCOCC1)C(=O)Oc1ccc([N+](=O)[O-])cc1. The number of nitro groups is 1. The van der Waals surface area contributed by atoms with Gasteiger partial charge in [0.25, 0.3) is 5.69 Å². The van der Waals surface area contributed by atoms with Gasteiger partial charge in [0.15, 0.2) is 0 Å². The van der Waals surface area contributed by atoms with Crippen LogP contribution >= 0.6 is 0 Å². The Bertz CT molecular complexity index is 625. The van der Waals surface area contributed by atoms with E-state index in [-0.39, 0.29) is 23.4 Å². The van der Waals surface area contributed by atoms with E-state index in [4.69, 9.17) is 9.47 Å². The molecule has 2 rings (SSSR count). The van der Waals surface area contributed by atoms with Crippen LogP contribution in [0.3, 0.4) is 0 Å². The normalized spacial score (nSPS) is 15.6. The lowest BCUT2D eigenvalue weighted by molar-refractivity contribution is -0.384. The van der Waals surface area contributed by atoms with Crippen molar-refractivity contribution in [3.63, 3.8) is 0 Å². The first-order valence-corrected chi connectivity index (χ1v) is 7.98. The molecule has 25 heavy (non-hydrogen) atoms. The van der Waals surface area contributed by atoms with Crippen molar-refractivity contribution in [1.29, 1.82) is 0 Å². The summed E-state index contributed by atoms with van der Waals surface area (Å²) >= 11 is 0. The van der Waals surface area contributed by atoms with Gasteiger partial charge >= 0.3 is 12.0 Å². The third-order valence-corrected chi connectivity index (χ3v) is 3.76. The van der Waals surface area contributed by atoms with Crippen molar-refractivity contribution in [2.24, 2.45) is 5.92 Å². The number of carbonyl (C=O) groups excluding carboxylic acids is 2. The molecule has 0 aliphatic carbocycles. The van der Waals surface area contributed by atoms with Crippen LogP contribution in [-0.4, -0.2) is 54.2 Å². The van der Waals surface area contributed by atoms with E-state index in [2.05, 4.69) is 5.32 Å². The Balaban J connectivity index is 1.99. The minimum Gasteiger partial charge on any atom is -0.425 e. The molecule has 0 aromatic heterocycles. The fourth-order valence-electron chi connectivity index (χ4n) is 2.30. The standard InChI is InChI=1S/C16H21N3O6/c1-11(2)14(17-16(21)18-7-9-24-10-8-18)15(20)25-13-5-3-12(4-6-13)19(22)23/h3-6,11,14H,7-10H2,1-2H3,(H,17,21). The van der Waals surface area contributed by atoms with E-state index in [9.17, 15) is 19.7 Å². The summed E-state index contributed by atoms with van der Waals surface area (Å²) < 4.78 is 10.4. The molecule has 1 atom stereocenters. The lowest BCUT2D eigenvalue weighted by Crippen LogP contribution is -2.53. The highest BCUT2D eigenvalue weighted by Crippen LogP contribution is 2.18. The Kier molecular flexibility index (Phi) is 6.29. The zero-order chi connectivity index (χ0) is 18.4. The Morgan fingerprint density at radius 2 is 1.84 bits per heavy atom. The second-order valence-electron chi connectivity index (χ2n) is 5.94. The van der Waals surface area contributed by atoms with Crippen molar-refractivity contribution in [1.82, 2.24) is 10.2 Å². The van der Waals surface area contributed by atoms with Crippen LogP contribution in [0.15, 0.2) is 24.3 Å². The number of ether oxygens (including phenoxy) is 2. The lowest BCUT2D eigenvalue weighted by Gasteiger charge is -2.29. The van der Waals surface area contributed by atoms with Gasteiger partial charge in [0.1, 0.15) is 11.8 Å². The van der Waals surface area contributed by atoms with E-state index in [0.29, 0.717) is 26.3 Å². The zero-order valence-electron chi connectivity index (χ0n) is 14.1. The molecule has 0 spiro atoms. The Labute approximate surface area is 145 Å². The van der Waals surface area contributed by atoms with Gasteiger partial charge in [-0.3, -0.25) is 10.1 Å². The molecule has 1 aliphatic heterocycles. The highest BCUT2D eigenvalue weighted by atomic mass is 16.6. The number of esters is 1. The smallest absolute Gasteiger partial charge is 0.334 e. The largest absolute Gasteiger partial charge is 0.425 e. The number of carbonyl (C=O) groups is 2. The monoisotopic (exact) mass is 351 g/mol. The van der Waals surface area contributed by atoms with Crippen molar-refractivity contribution in [2.75, 3.05) is 26.3 Å². The highest BCUT2D eigenvalue weighted by Gasteiger charge is 2.28. The second kappa shape index (κ2) is 8.43. The summed E-state index contributed by atoms with van der Waals surface area (Å²) in [5.74, 6) is -0.622. The van der Waals surface area contributed by atoms with Crippen molar-refractivity contribution in [2.45, 2.75) is 19.9 Å². The number of nitrogens with zero attached hydrogens (tertiary/aromatic N) is 2. The lowest BCUT2D eigenvalue weighted by atomic mass is 10.0. The summed E-state index contributed by atoms with van der Waals surface area (Å²) in [4.78, 5) is 36.3. The van der Waals surface area contributed by atoms with Crippen molar-refractivity contribution < 1.29 is 24.0 Å². The first-order chi connectivity index (χ1) is 11.9. The Hall–Kier alpha value is -2.68. The van der Waals surface area contributed by atoms with Gasteiger partial charge in [0.2, 0.25) is 0 Å². The van der Waals surface area contributed by atoms with E-state index in [0.717, 1.165) is 0 Å². The molecule has 1 aromatic carbocycles. The zero-order valence-corrected chi connectivity index (χ0v) is 14.1. The van der Waals surface area contributed by atoms with Crippen LogP contribution in [0.1, 0.15) is 13.8 Å². The molecule has 0 radical (unpaired) electrons. The number of nitro benzene ring substituents is 1. The summed E-state index contributed by atoms with van der Waals surface area (Å²) in [6.07, 6.45) is 0. The molecule has 1 unspecified atom stereocenters. The maximum atomic E-state index is 12.4. The van der Waals surface area contributed by atoms with Gasteiger partial charge in [0.05, 0.1) is 18.1 Å². The minimum atomic E-state index is -0.828. The average Bonchev–Trinajstić information content (AvgIpc) is 2.60. The van der Waals surface area contributed by atoms with Crippen molar-refractivity contribution in [3.05, 3.63) is 34.4 Å². The number of urea groups is 1. The number of benzene rings is 1. The predicted molar refractivity (Wildman–Crippen MR) is 88.3 cm³/mol. The Morgan fingerprint density at radius 1 is 1.24 bits per heavy atom. The third kappa shape index (κ3) is 5.15. The number of rotatable bonds is 5. The van der Waals surface area contributed by atoms with Gasteiger partial charge in [-0.25, -0.2) is 9.59 Å². The molecule has 1 aromatic rings. The van der Waals surface area contributed by atoms with E-state index < -0.39 is 16.9 Å². The first-order valence-electron chi connectivity index (χ1n) is 7.98. The van der Waals surface area contributed by atoms with Crippen LogP contribution in [0.5, 0.6) is 5.75 Å². The maximum absolute atomic E-state index is 12.4. The molecule has 1 heterocycles. The molecule has 1 N–H and O–H groups in total. The number of hydrogen-bond acceptors (Lipinski definition) is 6. The molecule has 2 amide bonds. The van der Waals surface area contributed by atoms with Gasteiger partial charge in [-0.1, -0.05) is 13.8 Å². The average molecular weight is 351 g/mol. The Morgan fingerprint density at radius 3 is 2.36 bits per heavy atom. The van der Waals surface area contributed by atoms with E-state index in [1.54, 1.807) is 18.7 Å². The molecule has 1 saturated heterocycles. The highest BCUT2D eigenvalue weighted by molar-refractivity contribution is 5.85. The van der Waals surface area contributed by atoms with E-state index >= 15 is 0 Å². The summed E-state index contributed by atoms with van der Waals surface area (Å²) in [6.45, 7) is 5.45. The van der Waals surface area contributed by atoms with Crippen LogP contribution in [0.4, 0.5) is 10.5 Å². The first kappa shape index (κ1) is 18.7. The molecule has 1 aliphatic rings. The number of hydrogen-bond donors (Lipinski definition) is 1. The van der Waals surface area contributed by atoms with Crippen LogP contribution in [0, 0.1) is 16.0 Å². The second-order valence-corrected chi connectivity index (χ2v) is 5.94. The molecule has 0 bridgehead atoms. The van der Waals surface area contributed by atoms with Crippen molar-refractivity contribution >= 4 is 17.7 Å². The third-order valence-electron chi connectivity index (χ3n) is 3.76. The summed E-state index contributed by atoms with van der Waals surface area (Å²) in [7, 11) is 0. The fourth-order valence-corrected chi connectivity index (χ4v) is 2.30. The van der Waals surface area contributed by atoms with Gasteiger partial charge in [0, 0.05) is 25.2 Å². The maximum Gasteiger partial charge on any atom is 0.334 e. The van der Waals surface area contributed by atoms with Gasteiger partial charge in [-0.2, -0.15) is 0 Å². The molecule has 1 fully saturated rings. The molecule has 9 heteroatoms. The van der Waals surface area contributed by atoms with Gasteiger partial charge in [-0.05, 0) is 18.1 Å². The quantitative estimate of drug-likeness (QED) is 0.373. The number of nitrogens with one attached hydrogen (secondary N) is 1. The molecule has 9 nitrogen and oxygen atoms in total. The van der Waals surface area contributed by atoms with E-state index in [1.165, 1.54) is 24.3 Å². The van der Waals surface area contributed by atoms with Gasteiger partial charge in [-0.15, -0.1) is 0 Å². The molecular weight excluding hydrogens is 330 g/mol. The minimum absolute atomic E-state index is 0.0965. The van der Waals surface area contributed by atoms with Crippen LogP contribution in [0.2, 0.25) is 0 Å². The molecular formula is C16H21N3O6. The van der Waals surface area contributed by atoms with Crippen LogP contribution in [0.25, 0.3) is 0 Å². The number of non-ortho nitro benzene ring substituents is 1. The van der Waals surface area contributed by atoms with Gasteiger partial charge < -0.3 is 19.7 Å². The van der Waals surface area contributed by atoms with Crippen molar-refractivity contribution in [3.8, 4) is 5.75 Å². The van der Waals surface area contributed by atoms with Crippen LogP contribution < -0.4 is 10.1 Å².